The molecule has 9 rings (SSSR count). The average Bonchev–Trinajstić information content (AvgIpc) is 3.66. The Hall–Kier alpha value is -7.17. The third-order valence-electron chi connectivity index (χ3n) is 10.3. The molecule has 9 aromatic rings. The Morgan fingerprint density at radius 2 is 0.800 bits per heavy atom. The second kappa shape index (κ2) is 14.7. The Kier molecular flexibility index (Phi) is 8.99. The van der Waals surface area contributed by atoms with Gasteiger partial charge in [-0.15, -0.1) is 0 Å². The van der Waals surface area contributed by atoms with Crippen molar-refractivity contribution in [3.63, 3.8) is 0 Å². The molecule has 0 saturated heterocycles. The molecular formula is C51H38N2O2. The van der Waals surface area contributed by atoms with Gasteiger partial charge in [0.1, 0.15) is 17.3 Å². The number of para-hydroxylation sites is 3. The summed E-state index contributed by atoms with van der Waals surface area (Å²) in [5.74, 6) is 2.53. The third-order valence-corrected chi connectivity index (χ3v) is 10.3. The Morgan fingerprint density at radius 3 is 1.36 bits per heavy atom. The first-order valence-corrected chi connectivity index (χ1v) is 18.4. The molecule has 0 fully saturated rings. The van der Waals surface area contributed by atoms with Crippen molar-refractivity contribution in [3.05, 3.63) is 194 Å². The number of hydrogen-bond donors (Lipinski definition) is 0. The maximum absolute atomic E-state index is 5.63. The molecule has 264 valence electrons. The molecule has 4 nitrogen and oxygen atoms in total. The number of rotatable bonds is 9. The highest BCUT2D eigenvalue weighted by Crippen LogP contribution is 2.50. The largest absolute Gasteiger partial charge is 0.497 e. The van der Waals surface area contributed by atoms with E-state index in [2.05, 4.69) is 162 Å². The van der Waals surface area contributed by atoms with Crippen molar-refractivity contribution in [2.24, 2.45) is 0 Å². The molecule has 0 radical (unpaired) electrons. The van der Waals surface area contributed by atoms with Gasteiger partial charge in [0, 0.05) is 11.3 Å². The Labute approximate surface area is 321 Å². The van der Waals surface area contributed by atoms with Crippen molar-refractivity contribution >= 4 is 11.0 Å². The molecule has 0 unspecified atom stereocenters. The maximum Gasteiger partial charge on any atom is 0.145 e. The summed E-state index contributed by atoms with van der Waals surface area (Å²) in [6, 6.07) is 68.3. The van der Waals surface area contributed by atoms with Gasteiger partial charge in [-0.3, -0.25) is 4.57 Å². The number of aromatic nitrogens is 2. The number of methoxy groups -OCH3 is 2. The predicted molar refractivity (Wildman–Crippen MR) is 227 cm³/mol. The summed E-state index contributed by atoms with van der Waals surface area (Å²) in [6.07, 6.45) is 0. The fourth-order valence-electron chi connectivity index (χ4n) is 7.62. The van der Waals surface area contributed by atoms with Crippen LogP contribution in [-0.4, -0.2) is 23.8 Å². The van der Waals surface area contributed by atoms with E-state index in [1.165, 1.54) is 0 Å². The quantitative estimate of drug-likeness (QED) is 0.150. The van der Waals surface area contributed by atoms with Gasteiger partial charge in [-0.1, -0.05) is 140 Å². The summed E-state index contributed by atoms with van der Waals surface area (Å²) in [5.41, 5.74) is 15.4. The van der Waals surface area contributed by atoms with Crippen LogP contribution < -0.4 is 9.47 Å². The van der Waals surface area contributed by atoms with Crippen molar-refractivity contribution in [1.82, 2.24) is 9.55 Å². The van der Waals surface area contributed by atoms with E-state index >= 15 is 0 Å². The molecule has 1 heterocycles. The molecule has 0 N–H and O–H groups in total. The van der Waals surface area contributed by atoms with Crippen LogP contribution in [0.1, 0.15) is 0 Å². The van der Waals surface area contributed by atoms with Gasteiger partial charge in [-0.2, -0.15) is 0 Å². The summed E-state index contributed by atoms with van der Waals surface area (Å²) in [5, 5.41) is 0. The standard InChI is InChI=1S/C51H38N2O2/c1-54-42-30-26-38(27-31-42)49-44(35-14-6-3-7-15-35)34-45(48(37-16-8-4-9-17-37)50(49)39-28-32-43(55-2)33-29-39)36-22-24-40(25-23-36)51-52-46-20-12-13-21-47(46)53(51)41-18-10-5-11-19-41/h3-34H,1-2H3. The normalized spacial score (nSPS) is 11.1. The van der Waals surface area contributed by atoms with E-state index in [0.717, 1.165) is 95.2 Å². The molecule has 0 spiro atoms. The monoisotopic (exact) mass is 710 g/mol. The van der Waals surface area contributed by atoms with Gasteiger partial charge in [0.25, 0.3) is 0 Å². The lowest BCUT2D eigenvalue weighted by Crippen LogP contribution is -1.99. The van der Waals surface area contributed by atoms with Gasteiger partial charge in [-0.25, -0.2) is 4.98 Å². The molecule has 4 heteroatoms. The SMILES string of the molecule is COc1ccc(-c2c(-c3ccccc3)cc(-c3ccc(-c4nc5ccccc5n4-c4ccccc4)cc3)c(-c3ccccc3)c2-c2ccc(OC)cc2)cc1. The van der Waals surface area contributed by atoms with Crippen LogP contribution in [0, 0.1) is 0 Å². The highest BCUT2D eigenvalue weighted by Gasteiger charge is 2.24. The highest BCUT2D eigenvalue weighted by atomic mass is 16.5. The second-order valence-corrected chi connectivity index (χ2v) is 13.5. The number of imidazole rings is 1. The second-order valence-electron chi connectivity index (χ2n) is 13.5. The number of nitrogens with zero attached hydrogens (tertiary/aromatic N) is 2. The predicted octanol–water partition coefficient (Wildman–Crippen LogP) is 13.0. The fourth-order valence-corrected chi connectivity index (χ4v) is 7.62. The van der Waals surface area contributed by atoms with E-state index < -0.39 is 0 Å². The van der Waals surface area contributed by atoms with E-state index in [4.69, 9.17) is 14.5 Å². The van der Waals surface area contributed by atoms with Crippen molar-refractivity contribution in [2.75, 3.05) is 14.2 Å². The molecule has 0 aliphatic carbocycles. The average molecular weight is 711 g/mol. The zero-order valence-electron chi connectivity index (χ0n) is 30.7. The van der Waals surface area contributed by atoms with Gasteiger partial charge in [-0.05, 0) is 110 Å². The Bertz CT molecular complexity index is 2720. The van der Waals surface area contributed by atoms with Gasteiger partial charge < -0.3 is 9.47 Å². The molecule has 0 amide bonds. The first-order chi connectivity index (χ1) is 27.2. The van der Waals surface area contributed by atoms with Gasteiger partial charge >= 0.3 is 0 Å². The molecule has 1 aromatic heterocycles. The molecule has 0 atom stereocenters. The minimum atomic E-state index is 0.813. The summed E-state index contributed by atoms with van der Waals surface area (Å²) in [4.78, 5) is 5.15. The maximum atomic E-state index is 5.63. The zero-order valence-corrected chi connectivity index (χ0v) is 30.7. The van der Waals surface area contributed by atoms with Gasteiger partial charge in [0.2, 0.25) is 0 Å². The minimum Gasteiger partial charge on any atom is -0.497 e. The van der Waals surface area contributed by atoms with Crippen LogP contribution in [0.25, 0.3) is 83.7 Å². The van der Waals surface area contributed by atoms with Crippen molar-refractivity contribution < 1.29 is 9.47 Å². The molecule has 0 aliphatic heterocycles. The molecular weight excluding hydrogens is 673 g/mol. The number of ether oxygens (including phenoxy) is 2. The lowest BCUT2D eigenvalue weighted by Gasteiger charge is -2.24. The molecule has 0 aliphatic rings. The van der Waals surface area contributed by atoms with Crippen molar-refractivity contribution in [2.45, 2.75) is 0 Å². The minimum absolute atomic E-state index is 0.813. The summed E-state index contributed by atoms with van der Waals surface area (Å²) < 4.78 is 13.5. The van der Waals surface area contributed by atoms with Crippen LogP contribution in [-0.2, 0) is 0 Å². The Balaban J connectivity index is 1.33. The van der Waals surface area contributed by atoms with Crippen LogP contribution in [0.5, 0.6) is 11.5 Å². The number of benzene rings is 8. The zero-order chi connectivity index (χ0) is 37.1. The molecule has 0 saturated carbocycles. The van der Waals surface area contributed by atoms with Crippen LogP contribution in [0.15, 0.2) is 194 Å². The Morgan fingerprint density at radius 1 is 0.382 bits per heavy atom. The summed E-state index contributed by atoms with van der Waals surface area (Å²) in [7, 11) is 3.41. The highest BCUT2D eigenvalue weighted by molar-refractivity contribution is 6.07. The van der Waals surface area contributed by atoms with Gasteiger partial charge in [0.05, 0.1) is 25.3 Å². The summed E-state index contributed by atoms with van der Waals surface area (Å²) >= 11 is 0. The summed E-state index contributed by atoms with van der Waals surface area (Å²) in [6.45, 7) is 0. The van der Waals surface area contributed by atoms with Gasteiger partial charge in [0.15, 0.2) is 0 Å². The van der Waals surface area contributed by atoms with E-state index in [1.807, 2.05) is 36.4 Å². The molecule has 55 heavy (non-hydrogen) atoms. The van der Waals surface area contributed by atoms with Crippen molar-refractivity contribution in [1.29, 1.82) is 0 Å². The lowest BCUT2D eigenvalue weighted by molar-refractivity contribution is 0.414. The number of hydrogen-bond acceptors (Lipinski definition) is 3. The van der Waals surface area contributed by atoms with Crippen LogP contribution in [0.4, 0.5) is 0 Å². The van der Waals surface area contributed by atoms with E-state index in [0.29, 0.717) is 0 Å². The topological polar surface area (TPSA) is 36.3 Å². The lowest BCUT2D eigenvalue weighted by atomic mass is 9.79. The van der Waals surface area contributed by atoms with Crippen molar-refractivity contribution in [3.8, 4) is 84.2 Å². The molecule has 8 aromatic carbocycles. The van der Waals surface area contributed by atoms with Crippen LogP contribution in [0.3, 0.4) is 0 Å². The van der Waals surface area contributed by atoms with E-state index in [9.17, 15) is 0 Å². The fraction of sp³-hybridized carbons (Fsp3) is 0.0392. The third kappa shape index (κ3) is 6.34. The number of fused-ring (bicyclic) bond motifs is 1. The van der Waals surface area contributed by atoms with E-state index in [1.54, 1.807) is 14.2 Å². The first kappa shape index (κ1) is 33.7. The first-order valence-electron chi connectivity index (χ1n) is 18.4. The molecule has 0 bridgehead atoms. The smallest absolute Gasteiger partial charge is 0.145 e. The van der Waals surface area contributed by atoms with Crippen LogP contribution in [0.2, 0.25) is 0 Å². The van der Waals surface area contributed by atoms with E-state index in [-0.39, 0.29) is 0 Å². The van der Waals surface area contributed by atoms with Crippen LogP contribution >= 0.6 is 0 Å².